The highest BCUT2D eigenvalue weighted by molar-refractivity contribution is 8.00. The summed E-state index contributed by atoms with van der Waals surface area (Å²) in [5.74, 6) is -3.13. The molecular weight excluding hydrogens is 408 g/mol. The van der Waals surface area contributed by atoms with Crippen LogP contribution in [-0.4, -0.2) is 70.4 Å². The number of thioether (sulfide) groups is 1. The Kier molecular flexibility index (Phi) is 4.69. The highest BCUT2D eigenvalue weighted by atomic mass is 32.2. The molecule has 0 unspecified atom stereocenters. The zero-order valence-electron chi connectivity index (χ0n) is 17.5. The molecule has 2 aliphatic heterocycles. The Morgan fingerprint density at radius 1 is 1.55 bits per heavy atom. The van der Waals surface area contributed by atoms with Crippen molar-refractivity contribution in [3.8, 4) is 0 Å². The molecule has 0 aromatic carbocycles. The summed E-state index contributed by atoms with van der Waals surface area (Å²) in [5, 5.41) is 14.5. The number of rotatable bonds is 7. The first-order chi connectivity index (χ1) is 15.0. The second kappa shape index (κ2) is 8.26. The van der Waals surface area contributed by atoms with Crippen molar-refractivity contribution in [2.75, 3.05) is 19.4 Å². The van der Waals surface area contributed by atoms with Gasteiger partial charge in [0.15, 0.2) is 5.76 Å². The number of hydrogen-bond acceptors (Lipinski definition) is 9. The third-order valence-corrected chi connectivity index (χ3v) is 5.37. The van der Waals surface area contributed by atoms with Gasteiger partial charge in [-0.3, -0.25) is 14.5 Å². The van der Waals surface area contributed by atoms with Gasteiger partial charge < -0.3 is 30.1 Å². The van der Waals surface area contributed by atoms with E-state index in [1.54, 1.807) is 0 Å². The molecule has 29 heavy (non-hydrogen) atoms. The summed E-state index contributed by atoms with van der Waals surface area (Å²) >= 11 is 1.13. The van der Waals surface area contributed by atoms with Crippen molar-refractivity contribution in [3.05, 3.63) is 35.4 Å². The number of ether oxygens (including phenoxy) is 1. The Bertz CT molecular complexity index is 1010. The minimum absolute atomic E-state index is 0.0943. The van der Waals surface area contributed by atoms with Crippen LogP contribution >= 0.6 is 11.8 Å². The molecule has 1 fully saturated rings. The maximum absolute atomic E-state index is 12.7. The monoisotopic (exact) mass is 427 g/mol. The summed E-state index contributed by atoms with van der Waals surface area (Å²) in [7, 11) is -2.93. The Morgan fingerprint density at radius 3 is 2.97 bits per heavy atom. The number of nitrogens with two attached hydrogens (primary N) is 1. The fourth-order valence-electron chi connectivity index (χ4n) is 2.82. The van der Waals surface area contributed by atoms with Crippen molar-refractivity contribution in [1.82, 2.24) is 10.2 Å². The number of carboxylic acid groups (broad SMARTS) is 1. The van der Waals surface area contributed by atoms with Gasteiger partial charge in [0, 0.05) is 11.3 Å². The van der Waals surface area contributed by atoms with E-state index in [4.69, 9.17) is 14.3 Å². The maximum Gasteiger partial charge on any atom is 0.404 e. The Balaban J connectivity index is 1.78. The maximum atomic E-state index is 12.7. The molecule has 3 rings (SSSR count). The first-order valence-corrected chi connectivity index (χ1v) is 8.97. The van der Waals surface area contributed by atoms with Crippen molar-refractivity contribution in [3.63, 3.8) is 0 Å². The summed E-state index contributed by atoms with van der Waals surface area (Å²) in [6, 6.07) is 1.63. The van der Waals surface area contributed by atoms with Gasteiger partial charge in [0.1, 0.15) is 30.8 Å². The summed E-state index contributed by atoms with van der Waals surface area (Å²) in [6.45, 7) is -0.404. The van der Waals surface area contributed by atoms with Gasteiger partial charge in [-0.25, -0.2) is 9.59 Å². The largest absolute Gasteiger partial charge is 0.477 e. The van der Waals surface area contributed by atoms with E-state index >= 15 is 0 Å². The summed E-state index contributed by atoms with van der Waals surface area (Å²) < 4.78 is 30.9. The number of oxime groups is 1. The van der Waals surface area contributed by atoms with Crippen LogP contribution in [-0.2, 0) is 24.0 Å². The van der Waals surface area contributed by atoms with Gasteiger partial charge in [0.2, 0.25) is 5.71 Å². The Hall–Kier alpha value is -3.48. The van der Waals surface area contributed by atoms with E-state index in [1.807, 2.05) is 0 Å². The number of nitrogens with one attached hydrogen (secondary N) is 1. The number of nitrogens with zero attached hydrogens (tertiary/aromatic N) is 2. The molecule has 4 N–H and O–H groups in total. The van der Waals surface area contributed by atoms with Crippen LogP contribution in [0.3, 0.4) is 0 Å². The molecule has 1 aromatic rings. The van der Waals surface area contributed by atoms with Crippen LogP contribution in [0.4, 0.5) is 4.79 Å². The molecule has 3 heterocycles. The smallest absolute Gasteiger partial charge is 0.404 e. The van der Waals surface area contributed by atoms with E-state index in [0.717, 1.165) is 16.7 Å². The zero-order chi connectivity index (χ0) is 23.6. The molecule has 0 aliphatic carbocycles. The standard InChI is InChI=1S/C16H16N4O8S/c1-26-19-9(8-3-2-4-27-8)12(21)18-10-13(22)20-11(15(23)24)7(5-28-16(17)25)6-29-14(10)20/h2-4,10,14H,5-6H2,1H3,(H2,17,25)(H,18,21)(H,23,24)/b19-9-/t10-,14-/m0/s1/i1D3. The fourth-order valence-corrected chi connectivity index (χ4v) is 4.15. The van der Waals surface area contributed by atoms with Crippen LogP contribution in [0.5, 0.6) is 0 Å². The molecule has 154 valence electrons. The normalized spacial score (nSPS) is 23.2. The lowest BCUT2D eigenvalue weighted by atomic mass is 10.0. The summed E-state index contributed by atoms with van der Waals surface area (Å²) in [6.07, 6.45) is 0.124. The molecular formula is C16H16N4O8S. The van der Waals surface area contributed by atoms with Crippen LogP contribution in [0.25, 0.3) is 0 Å². The average molecular weight is 427 g/mol. The van der Waals surface area contributed by atoms with E-state index in [2.05, 4.69) is 20.0 Å². The lowest BCUT2D eigenvalue weighted by Crippen LogP contribution is -2.71. The second-order valence-electron chi connectivity index (χ2n) is 5.73. The molecule has 1 aromatic heterocycles. The highest BCUT2D eigenvalue weighted by Crippen LogP contribution is 2.40. The molecule has 0 saturated carbocycles. The number of β-lactam (4-membered cyclic amide) rings is 1. The molecule has 12 nitrogen and oxygen atoms in total. The number of hydrogen-bond donors (Lipinski definition) is 3. The van der Waals surface area contributed by atoms with Crippen LogP contribution in [0, 0.1) is 0 Å². The van der Waals surface area contributed by atoms with E-state index in [9.17, 15) is 24.3 Å². The van der Waals surface area contributed by atoms with Crippen LogP contribution < -0.4 is 11.1 Å². The molecule has 2 atom stereocenters. The van der Waals surface area contributed by atoms with Gasteiger partial charge >= 0.3 is 12.1 Å². The van der Waals surface area contributed by atoms with Gasteiger partial charge in [-0.15, -0.1) is 11.8 Å². The molecule has 3 amide bonds. The SMILES string of the molecule is [2H]C([2H])([2H])O/N=C(\C(=O)N[C@H]1C(=O)N2C(C(=O)O)=C(COC(N)=O)CS[C@@H]12)c1ccco1. The molecule has 0 bridgehead atoms. The molecule has 0 radical (unpaired) electrons. The van der Waals surface area contributed by atoms with Crippen LogP contribution in [0.1, 0.15) is 9.87 Å². The van der Waals surface area contributed by atoms with Crippen molar-refractivity contribution in [1.29, 1.82) is 0 Å². The van der Waals surface area contributed by atoms with Gasteiger partial charge in [0.05, 0.1) is 10.4 Å². The Morgan fingerprint density at radius 2 is 2.34 bits per heavy atom. The first-order valence-electron chi connectivity index (χ1n) is 9.42. The predicted molar refractivity (Wildman–Crippen MR) is 97.5 cm³/mol. The number of furan rings is 1. The van der Waals surface area contributed by atoms with Crippen LogP contribution in [0.15, 0.2) is 39.2 Å². The van der Waals surface area contributed by atoms with E-state index in [0.29, 0.717) is 0 Å². The summed E-state index contributed by atoms with van der Waals surface area (Å²) in [4.78, 5) is 53.2. The fraction of sp³-hybridized carbons (Fsp3) is 0.312. The molecule has 1 saturated heterocycles. The summed E-state index contributed by atoms with van der Waals surface area (Å²) in [5.41, 5.74) is 4.18. The number of amides is 3. The highest BCUT2D eigenvalue weighted by Gasteiger charge is 2.54. The lowest BCUT2D eigenvalue weighted by Gasteiger charge is -2.49. The topological polar surface area (TPSA) is 174 Å². The van der Waals surface area contributed by atoms with Gasteiger partial charge in [-0.05, 0) is 12.1 Å². The van der Waals surface area contributed by atoms with E-state index < -0.39 is 54.6 Å². The van der Waals surface area contributed by atoms with Gasteiger partial charge in [0.25, 0.3) is 11.8 Å². The third kappa shape index (κ3) is 3.89. The minimum Gasteiger partial charge on any atom is -0.477 e. The number of primary amides is 1. The third-order valence-electron chi connectivity index (χ3n) is 4.03. The number of fused-ring (bicyclic) bond motifs is 1. The van der Waals surface area contributed by atoms with Gasteiger partial charge in [-0.1, -0.05) is 5.16 Å². The van der Waals surface area contributed by atoms with Crippen molar-refractivity contribution in [2.45, 2.75) is 11.4 Å². The second-order valence-corrected chi connectivity index (χ2v) is 6.84. The average Bonchev–Trinajstić information content (AvgIpc) is 3.23. The number of carboxylic acids is 1. The zero-order valence-corrected chi connectivity index (χ0v) is 15.3. The number of carbonyl (C=O) groups is 4. The first kappa shape index (κ1) is 16.5. The minimum atomic E-state index is -2.93. The molecule has 2 aliphatic rings. The molecule has 13 heteroatoms. The Labute approximate surface area is 171 Å². The molecule has 0 spiro atoms. The number of aliphatic carboxylic acids is 1. The lowest BCUT2D eigenvalue weighted by molar-refractivity contribution is -0.150. The van der Waals surface area contributed by atoms with E-state index in [-0.39, 0.29) is 22.8 Å². The van der Waals surface area contributed by atoms with Crippen LogP contribution in [0.2, 0.25) is 0 Å². The van der Waals surface area contributed by atoms with Crippen molar-refractivity contribution < 1.29 is 42.4 Å². The van der Waals surface area contributed by atoms with E-state index in [1.165, 1.54) is 18.4 Å². The van der Waals surface area contributed by atoms with Gasteiger partial charge in [-0.2, -0.15) is 0 Å². The quantitative estimate of drug-likeness (QED) is 0.293. The number of carbonyl (C=O) groups excluding carboxylic acids is 3. The predicted octanol–water partition coefficient (Wildman–Crippen LogP) is -0.536. The van der Waals surface area contributed by atoms with Crippen molar-refractivity contribution >= 4 is 41.4 Å². The van der Waals surface area contributed by atoms with Crippen molar-refractivity contribution in [2.24, 2.45) is 10.9 Å².